The average Bonchev–Trinajstić information content (AvgIpc) is 2.88. The summed E-state index contributed by atoms with van der Waals surface area (Å²) in [6.07, 6.45) is 6.50. The Balaban J connectivity index is 1.96. The Labute approximate surface area is 98.8 Å². The number of nitrogens with zero attached hydrogens (tertiary/aromatic N) is 3. The van der Waals surface area contributed by atoms with Gasteiger partial charge in [0.25, 0.3) is 0 Å². The summed E-state index contributed by atoms with van der Waals surface area (Å²) in [7, 11) is 0. The molecule has 0 radical (unpaired) electrons. The van der Waals surface area contributed by atoms with Crippen molar-refractivity contribution < 1.29 is 4.74 Å². The van der Waals surface area contributed by atoms with Crippen LogP contribution < -0.4 is 11.1 Å². The second-order valence-corrected chi connectivity index (χ2v) is 4.29. The van der Waals surface area contributed by atoms with E-state index in [0.717, 1.165) is 24.5 Å². The Morgan fingerprint density at radius 2 is 2.47 bits per heavy atom. The number of rotatable bonds is 2. The Kier molecular flexibility index (Phi) is 2.36. The highest BCUT2D eigenvalue weighted by molar-refractivity contribution is 5.65. The molecule has 17 heavy (non-hydrogen) atoms. The normalized spacial score (nSPS) is 24.3. The average molecular weight is 233 g/mol. The van der Waals surface area contributed by atoms with Crippen LogP contribution in [0.2, 0.25) is 0 Å². The van der Waals surface area contributed by atoms with E-state index in [9.17, 15) is 0 Å². The van der Waals surface area contributed by atoms with Gasteiger partial charge in [0.05, 0.1) is 18.3 Å². The maximum absolute atomic E-state index is 5.76. The maximum atomic E-state index is 5.76. The summed E-state index contributed by atoms with van der Waals surface area (Å²) < 4.78 is 7.38. The minimum absolute atomic E-state index is 0.188. The molecular formula is C11H15N5O. The number of hydrogen-bond donors (Lipinski definition) is 2. The molecule has 2 aromatic rings. The molecule has 6 heteroatoms. The number of hydrogen-bond acceptors (Lipinski definition) is 5. The summed E-state index contributed by atoms with van der Waals surface area (Å²) in [5.74, 6) is 1.20. The van der Waals surface area contributed by atoms with Gasteiger partial charge in [-0.1, -0.05) is 0 Å². The molecule has 0 aliphatic carbocycles. The van der Waals surface area contributed by atoms with Crippen molar-refractivity contribution in [1.82, 2.24) is 14.4 Å². The zero-order valence-corrected chi connectivity index (χ0v) is 9.63. The zero-order valence-electron chi connectivity index (χ0n) is 9.63. The van der Waals surface area contributed by atoms with Crippen LogP contribution in [-0.4, -0.2) is 33.1 Å². The Hall–Kier alpha value is -1.82. The van der Waals surface area contributed by atoms with Crippen LogP contribution in [0.25, 0.3) is 5.65 Å². The lowest BCUT2D eigenvalue weighted by Gasteiger charge is -2.17. The quantitative estimate of drug-likeness (QED) is 0.805. The SMILES string of the molecule is CC1OCCC1Nc1nc(N)cn2ccnc12. The molecule has 0 saturated carbocycles. The van der Waals surface area contributed by atoms with Gasteiger partial charge in [-0.15, -0.1) is 0 Å². The van der Waals surface area contributed by atoms with Gasteiger partial charge in [0.2, 0.25) is 0 Å². The zero-order chi connectivity index (χ0) is 11.8. The highest BCUT2D eigenvalue weighted by atomic mass is 16.5. The predicted molar refractivity (Wildman–Crippen MR) is 64.8 cm³/mol. The Morgan fingerprint density at radius 3 is 3.24 bits per heavy atom. The van der Waals surface area contributed by atoms with E-state index in [-0.39, 0.29) is 12.1 Å². The number of nitrogens with one attached hydrogen (secondary N) is 1. The Bertz CT molecular complexity index is 538. The van der Waals surface area contributed by atoms with Crippen molar-refractivity contribution >= 4 is 17.3 Å². The van der Waals surface area contributed by atoms with Crippen LogP contribution in [0.1, 0.15) is 13.3 Å². The summed E-state index contributed by atoms with van der Waals surface area (Å²) >= 11 is 0. The second-order valence-electron chi connectivity index (χ2n) is 4.29. The van der Waals surface area contributed by atoms with Gasteiger partial charge in [-0.3, -0.25) is 0 Å². The van der Waals surface area contributed by atoms with E-state index in [1.54, 1.807) is 12.4 Å². The molecule has 3 N–H and O–H groups in total. The molecule has 1 fully saturated rings. The fourth-order valence-electron chi connectivity index (χ4n) is 2.14. The minimum Gasteiger partial charge on any atom is -0.382 e. The summed E-state index contributed by atoms with van der Waals surface area (Å²) in [6, 6.07) is 0.268. The number of nitrogen functional groups attached to an aromatic ring is 1. The van der Waals surface area contributed by atoms with Gasteiger partial charge < -0.3 is 20.2 Å². The third-order valence-corrected chi connectivity index (χ3v) is 3.09. The molecule has 1 aliphatic heterocycles. The molecular weight excluding hydrogens is 218 g/mol. The van der Waals surface area contributed by atoms with Crippen LogP contribution in [0.5, 0.6) is 0 Å². The third kappa shape index (κ3) is 1.80. The predicted octanol–water partition coefficient (Wildman–Crippen LogP) is 0.901. The van der Waals surface area contributed by atoms with Crippen LogP contribution in [-0.2, 0) is 4.74 Å². The number of nitrogens with two attached hydrogens (primary N) is 1. The van der Waals surface area contributed by atoms with E-state index in [4.69, 9.17) is 10.5 Å². The molecule has 90 valence electrons. The van der Waals surface area contributed by atoms with E-state index < -0.39 is 0 Å². The molecule has 0 aromatic carbocycles. The van der Waals surface area contributed by atoms with Crippen molar-refractivity contribution in [3.63, 3.8) is 0 Å². The first kappa shape index (κ1) is 10.3. The molecule has 0 bridgehead atoms. The van der Waals surface area contributed by atoms with Gasteiger partial charge in [0, 0.05) is 19.0 Å². The molecule has 2 unspecified atom stereocenters. The third-order valence-electron chi connectivity index (χ3n) is 3.09. The summed E-state index contributed by atoms with van der Waals surface area (Å²) in [4.78, 5) is 8.57. The monoisotopic (exact) mass is 233 g/mol. The molecule has 0 amide bonds. The van der Waals surface area contributed by atoms with Crippen molar-refractivity contribution in [3.8, 4) is 0 Å². The lowest BCUT2D eigenvalue weighted by Crippen LogP contribution is -2.27. The van der Waals surface area contributed by atoms with E-state index in [1.165, 1.54) is 0 Å². The second kappa shape index (κ2) is 3.89. The highest BCUT2D eigenvalue weighted by Crippen LogP contribution is 2.21. The molecule has 1 saturated heterocycles. The first-order valence-corrected chi connectivity index (χ1v) is 5.71. The van der Waals surface area contributed by atoms with Gasteiger partial charge in [-0.2, -0.15) is 0 Å². The molecule has 2 atom stereocenters. The fourth-order valence-corrected chi connectivity index (χ4v) is 2.14. The molecule has 0 spiro atoms. The van der Waals surface area contributed by atoms with Crippen molar-refractivity contribution in [2.45, 2.75) is 25.5 Å². The number of anilines is 2. The van der Waals surface area contributed by atoms with Crippen molar-refractivity contribution in [2.75, 3.05) is 17.7 Å². The van der Waals surface area contributed by atoms with Crippen molar-refractivity contribution in [1.29, 1.82) is 0 Å². The van der Waals surface area contributed by atoms with Crippen LogP contribution in [0.4, 0.5) is 11.6 Å². The molecule has 3 heterocycles. The number of imidazole rings is 1. The van der Waals surface area contributed by atoms with Gasteiger partial charge >= 0.3 is 0 Å². The minimum atomic E-state index is 0.188. The summed E-state index contributed by atoms with van der Waals surface area (Å²) in [6.45, 7) is 2.84. The van der Waals surface area contributed by atoms with E-state index in [1.807, 2.05) is 10.6 Å². The molecule has 6 nitrogen and oxygen atoms in total. The van der Waals surface area contributed by atoms with E-state index >= 15 is 0 Å². The number of fused-ring (bicyclic) bond motifs is 1. The van der Waals surface area contributed by atoms with Gasteiger partial charge in [0.1, 0.15) is 5.82 Å². The van der Waals surface area contributed by atoms with Crippen LogP contribution >= 0.6 is 0 Å². The summed E-state index contributed by atoms with van der Waals surface area (Å²) in [5.41, 5.74) is 6.55. The number of aromatic nitrogens is 3. The van der Waals surface area contributed by atoms with Crippen LogP contribution in [0.3, 0.4) is 0 Å². The van der Waals surface area contributed by atoms with Gasteiger partial charge in [-0.05, 0) is 13.3 Å². The van der Waals surface area contributed by atoms with Gasteiger partial charge in [0.15, 0.2) is 11.5 Å². The first-order valence-electron chi connectivity index (χ1n) is 5.71. The summed E-state index contributed by atoms with van der Waals surface area (Å²) in [5, 5.41) is 3.36. The largest absolute Gasteiger partial charge is 0.382 e. The van der Waals surface area contributed by atoms with Crippen molar-refractivity contribution in [3.05, 3.63) is 18.6 Å². The molecule has 3 rings (SSSR count). The van der Waals surface area contributed by atoms with Crippen molar-refractivity contribution in [2.24, 2.45) is 0 Å². The van der Waals surface area contributed by atoms with Gasteiger partial charge in [-0.25, -0.2) is 9.97 Å². The number of ether oxygens (including phenoxy) is 1. The molecule has 1 aliphatic rings. The van der Waals surface area contributed by atoms with E-state index in [0.29, 0.717) is 5.82 Å². The standard InChI is InChI=1S/C11H15N5O/c1-7-8(2-5-17-7)14-10-11-13-3-4-16(11)6-9(12)15-10/h3-4,6-8H,2,5,12H2,1H3,(H,14,15). The smallest absolute Gasteiger partial charge is 0.180 e. The van der Waals surface area contributed by atoms with Crippen LogP contribution in [0, 0.1) is 0 Å². The topological polar surface area (TPSA) is 77.5 Å². The lowest BCUT2D eigenvalue weighted by atomic mass is 10.1. The lowest BCUT2D eigenvalue weighted by molar-refractivity contribution is 0.121. The highest BCUT2D eigenvalue weighted by Gasteiger charge is 2.25. The maximum Gasteiger partial charge on any atom is 0.180 e. The Morgan fingerprint density at radius 1 is 1.59 bits per heavy atom. The van der Waals surface area contributed by atoms with E-state index in [2.05, 4.69) is 22.2 Å². The molecule has 2 aromatic heterocycles. The fraction of sp³-hybridized carbons (Fsp3) is 0.455. The first-order chi connectivity index (χ1) is 8.24. The van der Waals surface area contributed by atoms with Crippen LogP contribution in [0.15, 0.2) is 18.6 Å².